The zero-order chi connectivity index (χ0) is 29.4. The lowest BCUT2D eigenvalue weighted by atomic mass is 10.0. The molecule has 0 radical (unpaired) electrons. The van der Waals surface area contributed by atoms with E-state index in [1.54, 1.807) is 30.3 Å². The first-order valence-electron chi connectivity index (χ1n) is 12.4. The van der Waals surface area contributed by atoms with Gasteiger partial charge in [0.2, 0.25) is 11.4 Å². The smallest absolute Gasteiger partial charge is 0.379 e. The first kappa shape index (κ1) is 28.3. The SMILES string of the molecule is NC(=O)C1=CC(c2ccc(NC(=O)Nc3cc(C(F)(F)F)ccc3Cl)cc2)=C2C(N)=NC=N[N+]12CC1CNCCO1. The molecular formula is C26H25ClF3N8O3+. The Kier molecular flexibility index (Phi) is 7.57. The fourth-order valence-corrected chi connectivity index (χ4v) is 5.04. The van der Waals surface area contributed by atoms with Crippen molar-refractivity contribution in [2.45, 2.75) is 12.3 Å². The van der Waals surface area contributed by atoms with Gasteiger partial charge >= 0.3 is 18.1 Å². The molecule has 41 heavy (non-hydrogen) atoms. The number of nitrogens with zero attached hydrogens (tertiary/aromatic N) is 3. The molecule has 214 valence electrons. The van der Waals surface area contributed by atoms with Gasteiger partial charge < -0.3 is 32.2 Å². The van der Waals surface area contributed by atoms with Gasteiger partial charge in [-0.2, -0.15) is 13.2 Å². The first-order chi connectivity index (χ1) is 19.5. The number of rotatable bonds is 6. The van der Waals surface area contributed by atoms with E-state index in [0.29, 0.717) is 42.2 Å². The number of benzene rings is 2. The van der Waals surface area contributed by atoms with Crippen molar-refractivity contribution in [2.24, 2.45) is 21.6 Å². The minimum Gasteiger partial charge on any atom is -0.379 e. The van der Waals surface area contributed by atoms with Crippen LogP contribution >= 0.6 is 11.6 Å². The van der Waals surface area contributed by atoms with Gasteiger partial charge in [-0.15, -0.1) is 4.59 Å². The number of amidine groups is 1. The molecule has 2 aromatic rings. The van der Waals surface area contributed by atoms with Gasteiger partial charge in [0, 0.05) is 24.9 Å². The third-order valence-electron chi connectivity index (χ3n) is 6.71. The molecule has 0 saturated carbocycles. The van der Waals surface area contributed by atoms with Crippen molar-refractivity contribution in [3.8, 4) is 0 Å². The molecule has 2 atom stereocenters. The number of ether oxygens (including phenoxy) is 1. The predicted octanol–water partition coefficient (Wildman–Crippen LogP) is 3.22. The molecular weight excluding hydrogens is 565 g/mol. The lowest BCUT2D eigenvalue weighted by Crippen LogP contribution is -2.55. The number of urea groups is 1. The van der Waals surface area contributed by atoms with E-state index in [0.717, 1.165) is 18.2 Å². The number of carbonyl (C=O) groups is 2. The largest absolute Gasteiger partial charge is 0.416 e. The van der Waals surface area contributed by atoms with E-state index in [1.807, 2.05) is 0 Å². The Morgan fingerprint density at radius 1 is 1.17 bits per heavy atom. The van der Waals surface area contributed by atoms with E-state index in [2.05, 4.69) is 26.0 Å². The molecule has 3 aliphatic heterocycles. The van der Waals surface area contributed by atoms with Gasteiger partial charge in [0.25, 0.3) is 0 Å². The molecule has 5 rings (SSSR count). The number of aliphatic imine (C=N–C) groups is 1. The van der Waals surface area contributed by atoms with Crippen molar-refractivity contribution in [3.63, 3.8) is 0 Å². The van der Waals surface area contributed by atoms with E-state index in [4.69, 9.17) is 27.8 Å². The highest BCUT2D eigenvalue weighted by Crippen LogP contribution is 2.42. The van der Waals surface area contributed by atoms with Gasteiger partial charge in [0.05, 0.1) is 28.5 Å². The fourth-order valence-electron chi connectivity index (χ4n) is 4.87. The molecule has 7 N–H and O–H groups in total. The Balaban J connectivity index is 1.40. The second-order valence-corrected chi connectivity index (χ2v) is 9.81. The molecule has 3 heterocycles. The van der Waals surface area contributed by atoms with Crippen molar-refractivity contribution in [1.82, 2.24) is 5.32 Å². The number of alkyl halides is 3. The van der Waals surface area contributed by atoms with Crippen LogP contribution in [0.2, 0.25) is 5.02 Å². The van der Waals surface area contributed by atoms with Crippen LogP contribution in [0.25, 0.3) is 5.57 Å². The molecule has 0 spiro atoms. The van der Waals surface area contributed by atoms with Crippen molar-refractivity contribution < 1.29 is 32.1 Å². The monoisotopic (exact) mass is 589 g/mol. The number of primary amides is 1. The maximum absolute atomic E-state index is 13.0. The number of amides is 3. The standard InChI is InChI=1S/C26H24ClF3N8O3/c27-19-6-3-15(26(28,29)30)9-20(19)37-25(40)36-16-4-1-14(2-5-16)18-10-21(24(32)39)38(12-17-11-33-7-8-41-17)22(18)23(31)34-13-35-38/h1-6,9-10,13,17,33H,7-8,11-12H2,(H5-,31,32,34,35,36,37,39,40)/p+1. The summed E-state index contributed by atoms with van der Waals surface area (Å²) in [5, 5.41) is 12.6. The van der Waals surface area contributed by atoms with E-state index < -0.39 is 23.7 Å². The quantitative estimate of drug-likeness (QED) is 0.327. The highest BCUT2D eigenvalue weighted by molar-refractivity contribution is 6.33. The van der Waals surface area contributed by atoms with Crippen LogP contribution in [0.5, 0.6) is 0 Å². The van der Waals surface area contributed by atoms with Gasteiger partial charge in [-0.3, -0.25) is 4.79 Å². The second kappa shape index (κ2) is 11.0. The van der Waals surface area contributed by atoms with Gasteiger partial charge in [-0.1, -0.05) is 28.8 Å². The molecule has 0 bridgehead atoms. The minimum atomic E-state index is -4.60. The molecule has 0 aromatic heterocycles. The van der Waals surface area contributed by atoms with Crippen molar-refractivity contribution in [3.05, 3.63) is 76.1 Å². The Labute approximate surface area is 236 Å². The lowest BCUT2D eigenvalue weighted by Gasteiger charge is -2.35. The van der Waals surface area contributed by atoms with Crippen LogP contribution in [0.3, 0.4) is 0 Å². The maximum atomic E-state index is 13.0. The van der Waals surface area contributed by atoms with Gasteiger partial charge in [-0.25, -0.2) is 9.79 Å². The number of fused-ring (bicyclic) bond motifs is 1. The zero-order valence-corrected chi connectivity index (χ0v) is 22.1. The maximum Gasteiger partial charge on any atom is 0.416 e. The predicted molar refractivity (Wildman–Crippen MR) is 148 cm³/mol. The number of hydrogen-bond acceptors (Lipinski definition) is 7. The van der Waals surface area contributed by atoms with Crippen LogP contribution in [0.4, 0.5) is 29.3 Å². The Bertz CT molecular complexity index is 1510. The number of nitrogens with one attached hydrogen (secondary N) is 3. The van der Waals surface area contributed by atoms with Crippen LogP contribution in [-0.2, 0) is 15.7 Å². The third-order valence-corrected chi connectivity index (χ3v) is 7.04. The summed E-state index contributed by atoms with van der Waals surface area (Å²) in [6.45, 7) is 2.02. The summed E-state index contributed by atoms with van der Waals surface area (Å²) in [5.41, 5.74) is 13.1. The molecule has 1 saturated heterocycles. The topological polar surface area (TPSA) is 156 Å². The minimum absolute atomic E-state index is 0.0550. The van der Waals surface area contributed by atoms with E-state index in [-0.39, 0.29) is 39.5 Å². The molecule has 2 aromatic carbocycles. The average molecular weight is 590 g/mol. The number of allylic oxidation sites excluding steroid dienone is 2. The van der Waals surface area contributed by atoms with Gasteiger partial charge in [0.1, 0.15) is 12.6 Å². The van der Waals surface area contributed by atoms with Crippen LogP contribution < -0.4 is 27.4 Å². The molecule has 3 amide bonds. The van der Waals surface area contributed by atoms with Crippen LogP contribution in [-0.4, -0.2) is 61.0 Å². The number of hydrogen-bond donors (Lipinski definition) is 5. The van der Waals surface area contributed by atoms with Crippen LogP contribution in [0.1, 0.15) is 11.1 Å². The summed E-state index contributed by atoms with van der Waals surface area (Å²) in [6, 6.07) is 8.33. The van der Waals surface area contributed by atoms with E-state index in [9.17, 15) is 22.8 Å². The second-order valence-electron chi connectivity index (χ2n) is 9.40. The van der Waals surface area contributed by atoms with E-state index in [1.165, 1.54) is 6.34 Å². The summed E-state index contributed by atoms with van der Waals surface area (Å²) in [4.78, 5) is 29.2. The average Bonchev–Trinajstić information content (AvgIpc) is 3.26. The normalized spacial score (nSPS) is 22.1. The molecule has 11 nitrogen and oxygen atoms in total. The van der Waals surface area contributed by atoms with Crippen LogP contribution in [0.15, 0.2) is 70.0 Å². The Hall–Kier alpha value is -4.24. The zero-order valence-electron chi connectivity index (χ0n) is 21.3. The molecule has 2 unspecified atom stereocenters. The summed E-state index contributed by atoms with van der Waals surface area (Å²) < 4.78 is 44.7. The molecule has 15 heteroatoms. The third kappa shape index (κ3) is 5.67. The Morgan fingerprint density at radius 2 is 1.93 bits per heavy atom. The first-order valence-corrected chi connectivity index (χ1v) is 12.8. The highest BCUT2D eigenvalue weighted by atomic mass is 35.5. The van der Waals surface area contributed by atoms with Gasteiger partial charge in [-0.05, 0) is 35.9 Å². The molecule has 1 fully saturated rings. The number of carbonyl (C=O) groups excluding carboxylic acids is 2. The van der Waals surface area contributed by atoms with Crippen molar-refractivity contribution in [1.29, 1.82) is 0 Å². The fraction of sp³-hybridized carbons (Fsp3) is 0.231. The number of halogens is 4. The summed E-state index contributed by atoms with van der Waals surface area (Å²) in [7, 11) is 0. The summed E-state index contributed by atoms with van der Waals surface area (Å²) in [6.07, 6.45) is -1.97. The Morgan fingerprint density at radius 3 is 2.59 bits per heavy atom. The van der Waals surface area contributed by atoms with Crippen molar-refractivity contribution >= 4 is 52.7 Å². The molecule has 0 aliphatic carbocycles. The molecule has 3 aliphatic rings. The summed E-state index contributed by atoms with van der Waals surface area (Å²) >= 11 is 5.97. The number of nitrogens with two attached hydrogens (primary N) is 2. The highest BCUT2D eigenvalue weighted by Gasteiger charge is 2.52. The number of morpholine rings is 1. The van der Waals surface area contributed by atoms with Crippen LogP contribution in [0, 0.1) is 0 Å². The number of quaternary nitrogens is 1. The van der Waals surface area contributed by atoms with Crippen molar-refractivity contribution in [2.75, 3.05) is 36.9 Å². The number of anilines is 2. The summed E-state index contributed by atoms with van der Waals surface area (Å²) in [5.74, 6) is -0.526. The van der Waals surface area contributed by atoms with Gasteiger partial charge in [0.15, 0.2) is 12.2 Å². The lowest BCUT2D eigenvalue weighted by molar-refractivity contribution is -0.852. The van der Waals surface area contributed by atoms with E-state index >= 15 is 0 Å².